The van der Waals surface area contributed by atoms with Crippen molar-refractivity contribution in [2.24, 2.45) is 0 Å². The average molecular weight is 397 g/mol. The molecule has 2 aromatic heterocycles. The third kappa shape index (κ3) is 7.91. The first-order valence-electron chi connectivity index (χ1n) is 10.8. The van der Waals surface area contributed by atoms with Gasteiger partial charge in [0.05, 0.1) is 0 Å². The summed E-state index contributed by atoms with van der Waals surface area (Å²) in [4.78, 5) is 9.49. The van der Waals surface area contributed by atoms with Crippen LogP contribution in [0.15, 0.2) is 30.3 Å². The number of pyridine rings is 2. The number of hydrogen-bond acceptors (Lipinski definition) is 2. The zero-order chi connectivity index (χ0) is 22.8. The van der Waals surface area contributed by atoms with Gasteiger partial charge < -0.3 is 0 Å². The third-order valence-electron chi connectivity index (χ3n) is 4.79. The van der Waals surface area contributed by atoms with Crippen LogP contribution in [0, 0.1) is 6.92 Å². The maximum Gasteiger partial charge on any atom is 0.0463 e. The zero-order valence-corrected chi connectivity index (χ0v) is 21.3. The Labute approximate surface area is 180 Å². The predicted molar refractivity (Wildman–Crippen MR) is 128 cm³/mol. The molecule has 0 fully saturated rings. The van der Waals surface area contributed by atoms with E-state index in [0.29, 0.717) is 0 Å². The van der Waals surface area contributed by atoms with Gasteiger partial charge in [-0.05, 0) is 36.8 Å². The Balaban J connectivity index is 0.000000291. The molecule has 0 aliphatic carbocycles. The molecule has 0 aromatic carbocycles. The normalized spacial score (nSPS) is 13.0. The molecule has 2 aromatic rings. The van der Waals surface area contributed by atoms with E-state index in [1.54, 1.807) is 0 Å². The third-order valence-corrected chi connectivity index (χ3v) is 4.79. The minimum absolute atomic E-state index is 0.131. The molecule has 0 N–H and O–H groups in total. The Bertz CT molecular complexity index is 743. The van der Waals surface area contributed by atoms with Gasteiger partial charge in [0.25, 0.3) is 0 Å². The summed E-state index contributed by atoms with van der Waals surface area (Å²) in [5, 5.41) is 0. The van der Waals surface area contributed by atoms with E-state index in [9.17, 15) is 0 Å². The van der Waals surface area contributed by atoms with E-state index >= 15 is 0 Å². The second kappa shape index (κ2) is 8.58. The molecule has 2 nitrogen and oxygen atoms in total. The van der Waals surface area contributed by atoms with Crippen LogP contribution < -0.4 is 0 Å². The van der Waals surface area contributed by atoms with Crippen molar-refractivity contribution in [2.75, 3.05) is 0 Å². The van der Waals surface area contributed by atoms with Crippen molar-refractivity contribution >= 4 is 0 Å². The smallest absolute Gasteiger partial charge is 0.0463 e. The Kier molecular flexibility index (Phi) is 7.49. The van der Waals surface area contributed by atoms with Gasteiger partial charge >= 0.3 is 0 Å². The van der Waals surface area contributed by atoms with Crippen LogP contribution in [-0.2, 0) is 21.7 Å². The highest BCUT2D eigenvalue weighted by Crippen LogP contribution is 2.27. The zero-order valence-electron chi connectivity index (χ0n) is 21.3. The first-order valence-corrected chi connectivity index (χ1v) is 10.8. The van der Waals surface area contributed by atoms with E-state index in [2.05, 4.69) is 120 Å². The summed E-state index contributed by atoms with van der Waals surface area (Å²) in [6.07, 6.45) is 0. The lowest BCUT2D eigenvalue weighted by Gasteiger charge is -2.24. The SMILES string of the molecule is CC(C)(C)c1cccc(C(C)(C)C)n1.Cc1cc(C(C)(C)C)nc(C(C)(C)C)c1. The monoisotopic (exact) mass is 396 g/mol. The molecular weight excluding hydrogens is 352 g/mol. The van der Waals surface area contributed by atoms with Gasteiger partial charge in [0.1, 0.15) is 0 Å². The van der Waals surface area contributed by atoms with Crippen LogP contribution in [0.25, 0.3) is 0 Å². The van der Waals surface area contributed by atoms with Crippen molar-refractivity contribution in [2.45, 2.75) is 112 Å². The standard InChI is InChI=1S/C14H23N.C13H21N/c1-10-8-11(13(2,3)4)15-12(9-10)14(5,6)7;1-12(2,3)10-8-7-9-11(14-10)13(4,5)6/h8-9H,1-7H3;7-9H,1-6H3. The molecule has 2 rings (SSSR count). The lowest BCUT2D eigenvalue weighted by molar-refractivity contribution is 0.530. The fourth-order valence-corrected chi connectivity index (χ4v) is 2.71. The lowest BCUT2D eigenvalue weighted by Crippen LogP contribution is -2.20. The highest BCUT2D eigenvalue weighted by Gasteiger charge is 2.21. The van der Waals surface area contributed by atoms with E-state index in [0.717, 1.165) is 0 Å². The Morgan fingerprint density at radius 2 is 0.759 bits per heavy atom. The van der Waals surface area contributed by atoms with Crippen molar-refractivity contribution in [1.29, 1.82) is 0 Å². The molecule has 29 heavy (non-hydrogen) atoms. The summed E-state index contributed by atoms with van der Waals surface area (Å²) in [5.74, 6) is 0. The van der Waals surface area contributed by atoms with Crippen molar-refractivity contribution < 1.29 is 0 Å². The quantitative estimate of drug-likeness (QED) is 0.456. The van der Waals surface area contributed by atoms with Crippen molar-refractivity contribution in [3.05, 3.63) is 58.7 Å². The summed E-state index contributed by atoms with van der Waals surface area (Å²) in [6, 6.07) is 10.7. The van der Waals surface area contributed by atoms with Crippen LogP contribution in [0.2, 0.25) is 0 Å². The average Bonchev–Trinajstić information content (AvgIpc) is 2.52. The highest BCUT2D eigenvalue weighted by molar-refractivity contribution is 5.27. The maximum absolute atomic E-state index is 4.78. The molecule has 0 spiro atoms. The van der Waals surface area contributed by atoms with Crippen LogP contribution >= 0.6 is 0 Å². The minimum atomic E-state index is 0.131. The Morgan fingerprint density at radius 3 is 1.03 bits per heavy atom. The minimum Gasteiger partial charge on any atom is -0.257 e. The van der Waals surface area contributed by atoms with Crippen LogP contribution in [0.4, 0.5) is 0 Å². The van der Waals surface area contributed by atoms with Gasteiger partial charge in [-0.15, -0.1) is 0 Å². The molecule has 0 unspecified atom stereocenters. The molecule has 0 aliphatic heterocycles. The van der Waals surface area contributed by atoms with Gasteiger partial charge in [-0.2, -0.15) is 0 Å². The number of aryl methyl sites for hydroxylation is 1. The van der Waals surface area contributed by atoms with Gasteiger partial charge in [-0.25, -0.2) is 0 Å². The molecule has 0 atom stereocenters. The fourth-order valence-electron chi connectivity index (χ4n) is 2.71. The summed E-state index contributed by atoms with van der Waals surface area (Å²) in [5.41, 5.74) is 6.56. The molecule has 2 heterocycles. The highest BCUT2D eigenvalue weighted by atomic mass is 14.8. The van der Waals surface area contributed by atoms with E-state index in [4.69, 9.17) is 9.97 Å². The van der Waals surface area contributed by atoms with Crippen LogP contribution in [0.1, 0.15) is 111 Å². The van der Waals surface area contributed by atoms with E-state index in [-0.39, 0.29) is 21.7 Å². The van der Waals surface area contributed by atoms with Gasteiger partial charge in [0.15, 0.2) is 0 Å². The van der Waals surface area contributed by atoms with Crippen molar-refractivity contribution in [1.82, 2.24) is 9.97 Å². The summed E-state index contributed by atoms with van der Waals surface area (Å²) in [7, 11) is 0. The van der Waals surface area contributed by atoms with E-state index in [1.807, 2.05) is 0 Å². The van der Waals surface area contributed by atoms with Crippen molar-refractivity contribution in [3.8, 4) is 0 Å². The van der Waals surface area contributed by atoms with Crippen LogP contribution in [0.5, 0.6) is 0 Å². The largest absolute Gasteiger partial charge is 0.257 e. The first-order chi connectivity index (χ1) is 12.8. The van der Waals surface area contributed by atoms with Crippen LogP contribution in [-0.4, -0.2) is 9.97 Å². The maximum atomic E-state index is 4.78. The summed E-state index contributed by atoms with van der Waals surface area (Å²) in [6.45, 7) is 28.6. The molecule has 0 bridgehead atoms. The van der Waals surface area contributed by atoms with Crippen LogP contribution in [0.3, 0.4) is 0 Å². The second-order valence-corrected chi connectivity index (χ2v) is 12.3. The lowest BCUT2D eigenvalue weighted by atomic mass is 9.87. The molecule has 0 saturated carbocycles. The number of rotatable bonds is 0. The van der Waals surface area contributed by atoms with Gasteiger partial charge in [0.2, 0.25) is 0 Å². The number of hydrogen-bond donors (Lipinski definition) is 0. The summed E-state index contributed by atoms with van der Waals surface area (Å²) < 4.78 is 0. The Hall–Kier alpha value is -1.70. The molecule has 0 aliphatic rings. The van der Waals surface area contributed by atoms with Crippen molar-refractivity contribution in [3.63, 3.8) is 0 Å². The summed E-state index contributed by atoms with van der Waals surface area (Å²) >= 11 is 0. The van der Waals surface area contributed by atoms with Gasteiger partial charge in [-0.3, -0.25) is 9.97 Å². The van der Waals surface area contributed by atoms with E-state index < -0.39 is 0 Å². The molecule has 0 radical (unpaired) electrons. The fraction of sp³-hybridized carbons (Fsp3) is 0.630. The number of nitrogens with zero attached hydrogens (tertiary/aromatic N) is 2. The second-order valence-electron chi connectivity index (χ2n) is 12.3. The topological polar surface area (TPSA) is 25.8 Å². The molecule has 0 saturated heterocycles. The molecule has 2 heteroatoms. The van der Waals surface area contributed by atoms with Gasteiger partial charge in [0, 0.05) is 44.4 Å². The molecule has 162 valence electrons. The Morgan fingerprint density at radius 1 is 0.483 bits per heavy atom. The van der Waals surface area contributed by atoms with Gasteiger partial charge in [-0.1, -0.05) is 89.2 Å². The molecular formula is C27H44N2. The first kappa shape index (κ1) is 25.3. The molecule has 0 amide bonds. The van der Waals surface area contributed by atoms with E-state index in [1.165, 1.54) is 28.3 Å². The number of aromatic nitrogens is 2. The predicted octanol–water partition coefficient (Wildman–Crippen LogP) is 7.66.